The summed E-state index contributed by atoms with van der Waals surface area (Å²) < 4.78 is 9.27. The zero-order valence-corrected chi connectivity index (χ0v) is 25.5. The Kier molecular flexibility index (Phi) is 4.40. The molecule has 1 N–H and O–H groups in total. The number of aromatic nitrogens is 2. The lowest BCUT2D eigenvalue weighted by atomic mass is 9.82. The van der Waals surface area contributed by atoms with Gasteiger partial charge in [0.15, 0.2) is 0 Å². The number of nitrogens with one attached hydrogen (secondary N) is 1. The Hall–Kier alpha value is -5.80. The second-order valence-electron chi connectivity index (χ2n) is 13.4. The van der Waals surface area contributed by atoms with E-state index in [4.69, 9.17) is 4.42 Å². The van der Waals surface area contributed by atoms with Gasteiger partial charge < -0.3 is 9.40 Å². The first-order valence-corrected chi connectivity index (χ1v) is 16.0. The van der Waals surface area contributed by atoms with Gasteiger partial charge in [0.1, 0.15) is 0 Å². The minimum Gasteiger partial charge on any atom is -0.423 e. The Morgan fingerprint density at radius 2 is 1.22 bits per heavy atom. The van der Waals surface area contributed by atoms with Crippen LogP contribution < -0.4 is 0 Å². The van der Waals surface area contributed by atoms with Crippen LogP contribution in [0.25, 0.3) is 93.1 Å². The molecule has 0 fully saturated rings. The predicted octanol–water partition coefficient (Wildman–Crippen LogP) is 11.8. The van der Waals surface area contributed by atoms with Crippen molar-refractivity contribution in [3.63, 3.8) is 0 Å². The molecule has 10 aromatic rings. The van der Waals surface area contributed by atoms with Crippen LogP contribution in [-0.4, -0.2) is 9.55 Å². The molecule has 3 heteroatoms. The molecule has 7 aromatic carbocycles. The maximum absolute atomic E-state index is 6.90. The number of hydrogen-bond donors (Lipinski definition) is 1. The van der Waals surface area contributed by atoms with Crippen LogP contribution in [0.3, 0.4) is 0 Å². The van der Waals surface area contributed by atoms with Crippen molar-refractivity contribution in [2.24, 2.45) is 0 Å². The van der Waals surface area contributed by atoms with Gasteiger partial charge in [0, 0.05) is 32.8 Å². The average Bonchev–Trinajstić information content (AvgIpc) is 3.78. The van der Waals surface area contributed by atoms with E-state index in [0.29, 0.717) is 0 Å². The largest absolute Gasteiger partial charge is 0.423 e. The number of benzene rings is 7. The Morgan fingerprint density at radius 1 is 0.543 bits per heavy atom. The molecule has 0 unspecified atom stereocenters. The van der Waals surface area contributed by atoms with Crippen LogP contribution >= 0.6 is 0 Å². The maximum atomic E-state index is 6.90. The summed E-state index contributed by atoms with van der Waals surface area (Å²) >= 11 is 0. The van der Waals surface area contributed by atoms with Crippen LogP contribution in [0.1, 0.15) is 25.0 Å². The van der Waals surface area contributed by atoms with E-state index < -0.39 is 0 Å². The van der Waals surface area contributed by atoms with Gasteiger partial charge in [0.25, 0.3) is 0 Å². The molecule has 0 atom stereocenters. The Balaban J connectivity index is 1.29. The Labute approximate surface area is 264 Å². The van der Waals surface area contributed by atoms with Crippen molar-refractivity contribution in [2.45, 2.75) is 19.3 Å². The van der Waals surface area contributed by atoms with Crippen LogP contribution in [0.4, 0.5) is 0 Å². The number of aromatic amines is 1. The van der Waals surface area contributed by atoms with Crippen molar-refractivity contribution in [3.05, 3.63) is 139 Å². The highest BCUT2D eigenvalue weighted by atomic mass is 16.4. The zero-order valence-electron chi connectivity index (χ0n) is 25.5. The van der Waals surface area contributed by atoms with E-state index in [1.165, 1.54) is 70.9 Å². The van der Waals surface area contributed by atoms with Gasteiger partial charge in [0.2, 0.25) is 11.4 Å². The van der Waals surface area contributed by atoms with E-state index in [1.54, 1.807) is 0 Å². The highest BCUT2D eigenvalue weighted by Gasteiger charge is 2.36. The second kappa shape index (κ2) is 8.26. The first kappa shape index (κ1) is 24.5. The summed E-state index contributed by atoms with van der Waals surface area (Å²) in [7, 11) is 0. The van der Waals surface area contributed by atoms with Crippen LogP contribution in [0.15, 0.2) is 132 Å². The first-order chi connectivity index (χ1) is 22.6. The number of fused-ring (bicyclic) bond motifs is 15. The van der Waals surface area contributed by atoms with Crippen molar-refractivity contribution in [2.75, 3.05) is 0 Å². The fourth-order valence-corrected chi connectivity index (χ4v) is 8.53. The lowest BCUT2D eigenvalue weighted by Crippen LogP contribution is -2.15. The predicted molar refractivity (Wildman–Crippen MR) is 192 cm³/mol. The molecule has 0 aliphatic heterocycles. The topological polar surface area (TPSA) is 33.9 Å². The van der Waals surface area contributed by atoms with E-state index in [0.717, 1.165) is 33.4 Å². The minimum absolute atomic E-state index is 0.0887. The number of hydrogen-bond acceptors (Lipinski definition) is 1. The van der Waals surface area contributed by atoms with E-state index in [1.807, 2.05) is 0 Å². The average molecular weight is 589 g/mol. The monoisotopic (exact) mass is 588 g/mol. The van der Waals surface area contributed by atoms with Gasteiger partial charge >= 0.3 is 0 Å². The van der Waals surface area contributed by atoms with Crippen molar-refractivity contribution in [1.29, 1.82) is 0 Å². The third kappa shape index (κ3) is 2.94. The van der Waals surface area contributed by atoms with Crippen molar-refractivity contribution < 1.29 is 4.42 Å². The SMILES string of the molecule is CC1(C)c2ccc(-n3c4oc5[nH]c6ccc7ccccc7c6c5c4c4ccc5ccccc5c43)cc2-c2cc3ccccc3cc21. The summed E-state index contributed by atoms with van der Waals surface area (Å²) in [6.07, 6.45) is 0. The summed E-state index contributed by atoms with van der Waals surface area (Å²) in [5, 5.41) is 12.2. The molecule has 216 valence electrons. The van der Waals surface area contributed by atoms with Crippen molar-refractivity contribution in [3.8, 4) is 16.8 Å². The van der Waals surface area contributed by atoms with Gasteiger partial charge in [0.05, 0.1) is 16.3 Å². The smallest absolute Gasteiger partial charge is 0.215 e. The van der Waals surface area contributed by atoms with Gasteiger partial charge in [-0.25, -0.2) is 0 Å². The molecule has 3 heterocycles. The first-order valence-electron chi connectivity index (χ1n) is 16.0. The fourth-order valence-electron chi connectivity index (χ4n) is 8.53. The quantitative estimate of drug-likeness (QED) is 0.203. The molecular weight excluding hydrogens is 560 g/mol. The standard InChI is InChI=1S/C43H28N2O/c1-43(2)34-19-17-28(23-33(34)32-21-26-11-3-4-12-27(26)22-35(32)43)45-40-30-14-8-6-10-25(30)15-18-31(40)38-39-37-29-13-7-5-9-24(29)16-20-36(37)44-41(39)46-42(38)45/h3-23,44H,1-2H3. The van der Waals surface area contributed by atoms with Gasteiger partial charge in [-0.05, 0) is 79.5 Å². The molecule has 46 heavy (non-hydrogen) atoms. The van der Waals surface area contributed by atoms with E-state index >= 15 is 0 Å². The zero-order chi connectivity index (χ0) is 30.3. The second-order valence-corrected chi connectivity index (χ2v) is 13.4. The molecule has 0 radical (unpaired) electrons. The summed E-state index contributed by atoms with van der Waals surface area (Å²) in [5.41, 5.74) is 10.4. The van der Waals surface area contributed by atoms with Gasteiger partial charge in [-0.1, -0.05) is 111 Å². The van der Waals surface area contributed by atoms with Crippen molar-refractivity contribution in [1.82, 2.24) is 9.55 Å². The molecule has 0 spiro atoms. The summed E-state index contributed by atoms with van der Waals surface area (Å²) in [5.74, 6) is 0. The van der Waals surface area contributed by atoms with Crippen molar-refractivity contribution >= 4 is 76.3 Å². The highest BCUT2D eigenvalue weighted by molar-refractivity contribution is 6.33. The molecule has 0 bridgehead atoms. The molecule has 1 aliphatic carbocycles. The van der Waals surface area contributed by atoms with Crippen LogP contribution in [0.5, 0.6) is 0 Å². The molecular formula is C43H28N2O. The van der Waals surface area contributed by atoms with Crippen LogP contribution in [0.2, 0.25) is 0 Å². The number of H-pyrrole nitrogens is 1. The minimum atomic E-state index is -0.0887. The van der Waals surface area contributed by atoms with E-state index in [2.05, 4.69) is 151 Å². The van der Waals surface area contributed by atoms with Gasteiger partial charge in [-0.3, -0.25) is 4.57 Å². The Bertz CT molecular complexity index is 2950. The molecule has 0 amide bonds. The molecule has 11 rings (SSSR count). The lowest BCUT2D eigenvalue weighted by Gasteiger charge is -2.22. The van der Waals surface area contributed by atoms with Crippen LogP contribution in [-0.2, 0) is 5.41 Å². The lowest BCUT2D eigenvalue weighted by molar-refractivity contribution is 0.634. The summed E-state index contributed by atoms with van der Waals surface area (Å²) in [6, 6.07) is 46.8. The summed E-state index contributed by atoms with van der Waals surface area (Å²) in [6.45, 7) is 4.71. The molecule has 3 nitrogen and oxygen atoms in total. The van der Waals surface area contributed by atoms with Gasteiger partial charge in [-0.15, -0.1) is 0 Å². The normalized spacial score (nSPS) is 14.0. The molecule has 0 saturated carbocycles. The highest BCUT2D eigenvalue weighted by Crippen LogP contribution is 2.51. The molecule has 3 aromatic heterocycles. The number of nitrogens with zero attached hydrogens (tertiary/aromatic N) is 1. The maximum Gasteiger partial charge on any atom is 0.215 e. The third-order valence-corrected chi connectivity index (χ3v) is 10.7. The van der Waals surface area contributed by atoms with Gasteiger partial charge in [-0.2, -0.15) is 0 Å². The number of furan rings is 1. The van der Waals surface area contributed by atoms with Crippen LogP contribution in [0, 0.1) is 0 Å². The summed E-state index contributed by atoms with van der Waals surface area (Å²) in [4.78, 5) is 3.63. The number of rotatable bonds is 1. The van der Waals surface area contributed by atoms with E-state index in [9.17, 15) is 0 Å². The fraction of sp³-hybridized carbons (Fsp3) is 0.0698. The Morgan fingerprint density at radius 3 is 2.04 bits per heavy atom. The molecule has 1 aliphatic rings. The third-order valence-electron chi connectivity index (χ3n) is 10.7. The van der Waals surface area contributed by atoms with E-state index in [-0.39, 0.29) is 5.41 Å². The molecule has 0 saturated heterocycles.